The summed E-state index contributed by atoms with van der Waals surface area (Å²) in [4.78, 5) is 25.6. The van der Waals surface area contributed by atoms with Crippen LogP contribution in [0.25, 0.3) is 10.9 Å². The minimum Gasteiger partial charge on any atom is -0.351 e. The highest BCUT2D eigenvalue weighted by Gasteiger charge is 2.22. The molecule has 0 spiro atoms. The maximum absolute atomic E-state index is 13.2. The van der Waals surface area contributed by atoms with Crippen LogP contribution in [0.1, 0.15) is 48.1 Å². The van der Waals surface area contributed by atoms with Gasteiger partial charge in [-0.3, -0.25) is 9.69 Å². The monoisotopic (exact) mass is 393 g/mol. The van der Waals surface area contributed by atoms with Crippen LogP contribution < -0.4 is 0 Å². The molecule has 1 aliphatic heterocycles. The van der Waals surface area contributed by atoms with Gasteiger partial charge in [0.1, 0.15) is 5.82 Å². The van der Waals surface area contributed by atoms with Crippen molar-refractivity contribution in [3.8, 4) is 0 Å². The zero-order chi connectivity index (χ0) is 20.2. The summed E-state index contributed by atoms with van der Waals surface area (Å²) in [5, 5.41) is 1.04. The van der Waals surface area contributed by atoms with Crippen LogP contribution in [0.3, 0.4) is 0 Å². The summed E-state index contributed by atoms with van der Waals surface area (Å²) in [6, 6.07) is 8.04. The molecule has 0 radical (unpaired) electrons. The van der Waals surface area contributed by atoms with Gasteiger partial charge in [-0.2, -0.15) is 0 Å². The lowest BCUT2D eigenvalue weighted by Gasteiger charge is -2.22. The Kier molecular flexibility index (Phi) is 6.00. The second kappa shape index (κ2) is 8.82. The molecule has 1 N–H and O–H groups in total. The van der Waals surface area contributed by atoms with E-state index in [-0.39, 0.29) is 5.91 Å². The molecule has 0 aliphatic carbocycles. The van der Waals surface area contributed by atoms with Crippen molar-refractivity contribution in [2.24, 2.45) is 7.05 Å². The van der Waals surface area contributed by atoms with Gasteiger partial charge in [0, 0.05) is 80.7 Å². The van der Waals surface area contributed by atoms with Crippen molar-refractivity contribution in [3.63, 3.8) is 0 Å². The molecular weight excluding hydrogens is 362 g/mol. The fourth-order valence-electron chi connectivity index (χ4n) is 4.19. The molecule has 3 aromatic rings. The Morgan fingerprint density at radius 3 is 2.93 bits per heavy atom. The topological polar surface area (TPSA) is 57.2 Å². The Hall–Kier alpha value is -2.60. The van der Waals surface area contributed by atoms with Crippen molar-refractivity contribution in [1.29, 1.82) is 0 Å². The first-order valence-electron chi connectivity index (χ1n) is 10.7. The summed E-state index contributed by atoms with van der Waals surface area (Å²) in [6.07, 6.45) is 8.35. The number of unbranched alkanes of at least 4 members (excludes halogenated alkanes) is 1. The van der Waals surface area contributed by atoms with E-state index in [1.54, 1.807) is 0 Å². The standard InChI is InChI=1S/C23H31N5O/c1-3-4-9-22-24-16-18(25-22)17-27-11-6-12-28(15-14-27)23(29)20-7-5-8-21-19(20)10-13-26(21)2/h5,7-8,10,13,16H,3-4,6,9,11-12,14-15,17H2,1-2H3,(H,24,25). The highest BCUT2D eigenvalue weighted by atomic mass is 16.2. The Morgan fingerprint density at radius 2 is 2.07 bits per heavy atom. The number of fused-ring (bicyclic) bond motifs is 1. The van der Waals surface area contributed by atoms with Crippen LogP contribution >= 0.6 is 0 Å². The third kappa shape index (κ3) is 4.37. The second-order valence-corrected chi connectivity index (χ2v) is 8.05. The minimum atomic E-state index is 0.145. The van der Waals surface area contributed by atoms with E-state index in [9.17, 15) is 4.79 Å². The molecular formula is C23H31N5O. The van der Waals surface area contributed by atoms with Gasteiger partial charge in [0.2, 0.25) is 0 Å². The number of aromatic amines is 1. The van der Waals surface area contributed by atoms with Gasteiger partial charge in [-0.25, -0.2) is 4.98 Å². The van der Waals surface area contributed by atoms with Gasteiger partial charge < -0.3 is 14.5 Å². The van der Waals surface area contributed by atoms with E-state index in [0.717, 1.165) is 67.9 Å². The average molecular weight is 394 g/mol. The van der Waals surface area contributed by atoms with Crippen molar-refractivity contribution >= 4 is 16.8 Å². The average Bonchev–Trinajstić information content (AvgIpc) is 3.26. The molecule has 1 aliphatic rings. The quantitative estimate of drug-likeness (QED) is 0.696. The first-order valence-corrected chi connectivity index (χ1v) is 10.7. The van der Waals surface area contributed by atoms with Crippen molar-refractivity contribution in [2.45, 2.75) is 39.2 Å². The molecule has 1 amide bonds. The third-order valence-electron chi connectivity index (χ3n) is 5.88. The van der Waals surface area contributed by atoms with Gasteiger partial charge in [-0.15, -0.1) is 0 Å². The van der Waals surface area contributed by atoms with Gasteiger partial charge in [0.15, 0.2) is 0 Å². The van der Waals surface area contributed by atoms with E-state index in [0.29, 0.717) is 0 Å². The van der Waals surface area contributed by atoms with Gasteiger partial charge >= 0.3 is 0 Å². The van der Waals surface area contributed by atoms with Crippen LogP contribution in [0, 0.1) is 0 Å². The number of aryl methyl sites for hydroxylation is 2. The molecule has 1 saturated heterocycles. The fourth-order valence-corrected chi connectivity index (χ4v) is 4.19. The second-order valence-electron chi connectivity index (χ2n) is 8.05. The minimum absolute atomic E-state index is 0.145. The van der Waals surface area contributed by atoms with Gasteiger partial charge in [-0.05, 0) is 31.0 Å². The first kappa shape index (κ1) is 19.7. The number of hydrogen-bond donors (Lipinski definition) is 1. The molecule has 3 heterocycles. The lowest BCUT2D eigenvalue weighted by molar-refractivity contribution is 0.0763. The zero-order valence-corrected chi connectivity index (χ0v) is 17.5. The van der Waals surface area contributed by atoms with Gasteiger partial charge in [-0.1, -0.05) is 19.4 Å². The first-order chi connectivity index (χ1) is 14.2. The Balaban J connectivity index is 1.39. The third-order valence-corrected chi connectivity index (χ3v) is 5.88. The maximum Gasteiger partial charge on any atom is 0.254 e. The number of benzene rings is 1. The summed E-state index contributed by atoms with van der Waals surface area (Å²) in [5.41, 5.74) is 3.08. The van der Waals surface area contributed by atoms with Crippen LogP contribution in [-0.2, 0) is 20.0 Å². The number of imidazole rings is 1. The Morgan fingerprint density at radius 1 is 1.17 bits per heavy atom. The Labute approximate surface area is 172 Å². The number of aromatic nitrogens is 3. The van der Waals surface area contributed by atoms with Crippen molar-refractivity contribution < 1.29 is 4.79 Å². The van der Waals surface area contributed by atoms with E-state index < -0.39 is 0 Å². The summed E-state index contributed by atoms with van der Waals surface area (Å²) in [6.45, 7) is 6.53. The molecule has 0 atom stereocenters. The van der Waals surface area contributed by atoms with E-state index in [1.807, 2.05) is 42.5 Å². The molecule has 6 heteroatoms. The highest BCUT2D eigenvalue weighted by Crippen LogP contribution is 2.21. The Bertz CT molecular complexity index is 973. The highest BCUT2D eigenvalue weighted by molar-refractivity contribution is 6.06. The van der Waals surface area contributed by atoms with Gasteiger partial charge in [0.25, 0.3) is 5.91 Å². The van der Waals surface area contributed by atoms with Crippen LogP contribution in [-0.4, -0.2) is 56.4 Å². The molecule has 2 aromatic heterocycles. The molecule has 4 rings (SSSR count). The van der Waals surface area contributed by atoms with Crippen LogP contribution in [0.2, 0.25) is 0 Å². The molecule has 154 valence electrons. The number of nitrogens with one attached hydrogen (secondary N) is 1. The molecule has 0 bridgehead atoms. The summed E-state index contributed by atoms with van der Waals surface area (Å²) >= 11 is 0. The fraction of sp³-hybridized carbons (Fsp3) is 0.478. The summed E-state index contributed by atoms with van der Waals surface area (Å²) < 4.78 is 2.06. The van der Waals surface area contributed by atoms with Gasteiger partial charge in [0.05, 0.1) is 0 Å². The predicted octanol–water partition coefficient (Wildman–Crippen LogP) is 3.59. The number of carbonyl (C=O) groups excluding carboxylic acids is 1. The molecule has 1 aromatic carbocycles. The summed E-state index contributed by atoms with van der Waals surface area (Å²) in [7, 11) is 2.02. The smallest absolute Gasteiger partial charge is 0.254 e. The molecule has 1 fully saturated rings. The number of hydrogen-bond acceptors (Lipinski definition) is 3. The zero-order valence-electron chi connectivity index (χ0n) is 17.5. The maximum atomic E-state index is 13.2. The van der Waals surface area contributed by atoms with Crippen LogP contribution in [0.15, 0.2) is 36.7 Å². The van der Waals surface area contributed by atoms with E-state index in [1.165, 1.54) is 18.5 Å². The van der Waals surface area contributed by atoms with Crippen LogP contribution in [0.4, 0.5) is 0 Å². The molecule has 29 heavy (non-hydrogen) atoms. The number of carbonyl (C=O) groups is 1. The predicted molar refractivity (Wildman–Crippen MR) is 116 cm³/mol. The molecule has 0 unspecified atom stereocenters. The van der Waals surface area contributed by atoms with E-state index >= 15 is 0 Å². The molecule has 0 saturated carbocycles. The number of nitrogens with zero attached hydrogens (tertiary/aromatic N) is 4. The van der Waals surface area contributed by atoms with E-state index in [2.05, 4.69) is 32.4 Å². The van der Waals surface area contributed by atoms with E-state index in [4.69, 9.17) is 0 Å². The lowest BCUT2D eigenvalue weighted by Crippen LogP contribution is -2.35. The number of H-pyrrole nitrogens is 1. The summed E-state index contributed by atoms with van der Waals surface area (Å²) in [5.74, 6) is 1.23. The van der Waals surface area contributed by atoms with Crippen molar-refractivity contribution in [2.75, 3.05) is 26.2 Å². The normalized spacial score (nSPS) is 15.7. The lowest BCUT2D eigenvalue weighted by atomic mass is 10.1. The van der Waals surface area contributed by atoms with Crippen molar-refractivity contribution in [3.05, 3.63) is 53.7 Å². The SMILES string of the molecule is CCCCc1ncc(CN2CCCN(C(=O)c3cccc4c3ccn4C)CC2)[nH]1. The number of rotatable bonds is 6. The number of amides is 1. The largest absolute Gasteiger partial charge is 0.351 e. The van der Waals surface area contributed by atoms with Crippen molar-refractivity contribution in [1.82, 2.24) is 24.3 Å². The van der Waals surface area contributed by atoms with Crippen LogP contribution in [0.5, 0.6) is 0 Å². The molecule has 6 nitrogen and oxygen atoms in total.